The number of carbonyl (C=O) groups is 1. The first-order valence-electron chi connectivity index (χ1n) is 9.83. The maximum atomic E-state index is 12.8. The van der Waals surface area contributed by atoms with Crippen molar-refractivity contribution < 1.29 is 23.7 Å². The molecule has 1 fully saturated rings. The molecule has 0 aromatic heterocycles. The Morgan fingerprint density at radius 3 is 2.50 bits per heavy atom. The van der Waals surface area contributed by atoms with Crippen LogP contribution in [-0.2, 0) is 0 Å². The third-order valence-corrected chi connectivity index (χ3v) is 5.46. The maximum Gasteiger partial charge on any atom is 0.251 e. The van der Waals surface area contributed by atoms with Crippen molar-refractivity contribution >= 4 is 18.3 Å². The van der Waals surface area contributed by atoms with Crippen LogP contribution in [-0.4, -0.2) is 51.5 Å². The van der Waals surface area contributed by atoms with E-state index in [2.05, 4.69) is 16.3 Å². The van der Waals surface area contributed by atoms with Crippen LogP contribution >= 0.6 is 12.4 Å². The summed E-state index contributed by atoms with van der Waals surface area (Å²) in [6.07, 6.45) is 2.34. The predicted octanol–water partition coefficient (Wildman–Crippen LogP) is 3.42. The van der Waals surface area contributed by atoms with Crippen LogP contribution in [0, 0.1) is 0 Å². The smallest absolute Gasteiger partial charge is 0.251 e. The van der Waals surface area contributed by atoms with Gasteiger partial charge in [-0.15, -0.1) is 12.4 Å². The third kappa shape index (κ3) is 4.57. The normalized spacial score (nSPS) is 15.9. The van der Waals surface area contributed by atoms with E-state index in [0.717, 1.165) is 30.2 Å². The molecule has 2 heterocycles. The van der Waals surface area contributed by atoms with Gasteiger partial charge in [-0.2, -0.15) is 0 Å². The first-order chi connectivity index (χ1) is 14.2. The standard InChI is InChI=1S/C22H26N2O5.ClH/c1-26-18-7-6-16(12-20(18)27-2)22(25)23-13-17(24-9-3-4-10-24)15-5-8-19-21(11-15)29-14-28-19;/h5-8,11-12,17H,3-4,9-10,13-14H2,1-2H3,(H,23,25);1H. The van der Waals surface area contributed by atoms with Crippen molar-refractivity contribution in [1.82, 2.24) is 10.2 Å². The van der Waals surface area contributed by atoms with Crippen molar-refractivity contribution in [3.05, 3.63) is 47.5 Å². The molecule has 1 saturated heterocycles. The number of carbonyl (C=O) groups excluding carboxylic acids is 1. The van der Waals surface area contributed by atoms with Crippen molar-refractivity contribution in [3.63, 3.8) is 0 Å². The number of fused-ring (bicyclic) bond motifs is 1. The number of nitrogens with one attached hydrogen (secondary N) is 1. The van der Waals surface area contributed by atoms with E-state index in [9.17, 15) is 4.79 Å². The molecule has 7 nitrogen and oxygen atoms in total. The van der Waals surface area contributed by atoms with E-state index in [1.165, 1.54) is 12.8 Å². The van der Waals surface area contributed by atoms with Crippen molar-refractivity contribution in [2.24, 2.45) is 0 Å². The molecule has 8 heteroatoms. The molecule has 0 spiro atoms. The second-order valence-electron chi connectivity index (χ2n) is 7.15. The average molecular weight is 435 g/mol. The van der Waals surface area contributed by atoms with E-state index in [1.54, 1.807) is 32.4 Å². The predicted molar refractivity (Wildman–Crippen MR) is 115 cm³/mol. The van der Waals surface area contributed by atoms with Crippen LogP contribution in [0.4, 0.5) is 0 Å². The van der Waals surface area contributed by atoms with Crippen molar-refractivity contribution in [2.75, 3.05) is 40.6 Å². The Morgan fingerprint density at radius 2 is 1.77 bits per heavy atom. The summed E-state index contributed by atoms with van der Waals surface area (Å²) in [5.74, 6) is 2.52. The van der Waals surface area contributed by atoms with Crippen LogP contribution in [0.3, 0.4) is 0 Å². The second kappa shape index (κ2) is 9.91. The van der Waals surface area contributed by atoms with Crippen LogP contribution < -0.4 is 24.3 Å². The van der Waals surface area contributed by atoms with Gasteiger partial charge in [0.25, 0.3) is 5.91 Å². The van der Waals surface area contributed by atoms with Crippen molar-refractivity contribution in [3.8, 4) is 23.0 Å². The Kier molecular flexibility index (Phi) is 7.29. The Labute approximate surface area is 182 Å². The molecule has 1 unspecified atom stereocenters. The minimum atomic E-state index is -0.143. The lowest BCUT2D eigenvalue weighted by atomic mass is 10.0. The fraction of sp³-hybridized carbons (Fsp3) is 0.409. The van der Waals surface area contributed by atoms with Gasteiger partial charge in [0.05, 0.1) is 20.3 Å². The summed E-state index contributed by atoms with van der Waals surface area (Å²) in [7, 11) is 3.13. The highest BCUT2D eigenvalue weighted by atomic mass is 35.5. The van der Waals surface area contributed by atoms with E-state index in [1.807, 2.05) is 12.1 Å². The van der Waals surface area contributed by atoms with Gasteiger partial charge in [0.2, 0.25) is 6.79 Å². The summed E-state index contributed by atoms with van der Waals surface area (Å²) in [6, 6.07) is 11.3. The molecule has 1 amide bonds. The molecule has 2 aliphatic heterocycles. The van der Waals surface area contributed by atoms with Crippen LogP contribution in [0.15, 0.2) is 36.4 Å². The quantitative estimate of drug-likeness (QED) is 0.720. The number of methoxy groups -OCH3 is 2. The summed E-state index contributed by atoms with van der Waals surface area (Å²) in [5, 5.41) is 3.08. The lowest BCUT2D eigenvalue weighted by Crippen LogP contribution is -2.36. The zero-order valence-electron chi connectivity index (χ0n) is 17.2. The third-order valence-electron chi connectivity index (χ3n) is 5.46. The minimum Gasteiger partial charge on any atom is -0.493 e. The molecular formula is C22H27ClN2O5. The lowest BCUT2D eigenvalue weighted by molar-refractivity contribution is 0.0937. The molecule has 2 aliphatic rings. The first-order valence-corrected chi connectivity index (χ1v) is 9.83. The van der Waals surface area contributed by atoms with Gasteiger partial charge in [-0.3, -0.25) is 9.69 Å². The average Bonchev–Trinajstić information content (AvgIpc) is 3.45. The summed E-state index contributed by atoms with van der Waals surface area (Å²) in [4.78, 5) is 15.2. The number of hydrogen-bond acceptors (Lipinski definition) is 6. The SMILES string of the molecule is COc1ccc(C(=O)NCC(c2ccc3c(c2)OCO3)N2CCCC2)cc1OC.Cl. The highest BCUT2D eigenvalue weighted by Crippen LogP contribution is 2.36. The van der Waals surface area contributed by atoms with E-state index in [0.29, 0.717) is 23.6 Å². The molecule has 4 rings (SSSR count). The number of amides is 1. The Hall–Kier alpha value is -2.64. The Morgan fingerprint density at radius 1 is 1.03 bits per heavy atom. The summed E-state index contributed by atoms with van der Waals surface area (Å²) in [6.45, 7) is 2.80. The minimum absolute atomic E-state index is 0. The summed E-state index contributed by atoms with van der Waals surface area (Å²) >= 11 is 0. The molecule has 2 aromatic rings. The molecule has 1 atom stereocenters. The largest absolute Gasteiger partial charge is 0.493 e. The maximum absolute atomic E-state index is 12.8. The van der Waals surface area contributed by atoms with Crippen LogP contribution in [0.2, 0.25) is 0 Å². The van der Waals surface area contributed by atoms with Gasteiger partial charge in [-0.25, -0.2) is 0 Å². The van der Waals surface area contributed by atoms with E-state index in [4.69, 9.17) is 18.9 Å². The van der Waals surface area contributed by atoms with Crippen LogP contribution in [0.1, 0.15) is 34.8 Å². The second-order valence-corrected chi connectivity index (χ2v) is 7.15. The van der Waals surface area contributed by atoms with E-state index >= 15 is 0 Å². The fourth-order valence-corrected chi connectivity index (χ4v) is 3.90. The van der Waals surface area contributed by atoms with E-state index < -0.39 is 0 Å². The number of benzene rings is 2. The fourth-order valence-electron chi connectivity index (χ4n) is 3.90. The number of nitrogens with zero attached hydrogens (tertiary/aromatic N) is 1. The molecule has 0 bridgehead atoms. The summed E-state index contributed by atoms with van der Waals surface area (Å²) < 4.78 is 21.5. The molecule has 1 N–H and O–H groups in total. The van der Waals surface area contributed by atoms with E-state index in [-0.39, 0.29) is 31.1 Å². The number of rotatable bonds is 7. The Balaban J connectivity index is 0.00000256. The molecule has 0 aliphatic carbocycles. The molecule has 2 aromatic carbocycles. The van der Waals surface area contributed by atoms with Gasteiger partial charge >= 0.3 is 0 Å². The highest BCUT2D eigenvalue weighted by molar-refractivity contribution is 5.94. The zero-order chi connectivity index (χ0) is 20.2. The number of halogens is 1. The molecule has 0 radical (unpaired) electrons. The number of likely N-dealkylation sites (tertiary alicyclic amines) is 1. The zero-order valence-corrected chi connectivity index (χ0v) is 18.0. The van der Waals surface area contributed by atoms with Crippen LogP contribution in [0.25, 0.3) is 0 Å². The highest BCUT2D eigenvalue weighted by Gasteiger charge is 2.26. The van der Waals surface area contributed by atoms with Gasteiger partial charge in [0.15, 0.2) is 23.0 Å². The molecule has 162 valence electrons. The lowest BCUT2D eigenvalue weighted by Gasteiger charge is -2.28. The molecular weight excluding hydrogens is 408 g/mol. The van der Waals surface area contributed by atoms with Gasteiger partial charge in [-0.1, -0.05) is 6.07 Å². The molecule has 0 saturated carbocycles. The number of ether oxygens (including phenoxy) is 4. The van der Waals surface area contributed by atoms with Gasteiger partial charge < -0.3 is 24.3 Å². The Bertz CT molecular complexity index is 886. The topological polar surface area (TPSA) is 69.3 Å². The van der Waals surface area contributed by atoms with Crippen molar-refractivity contribution in [2.45, 2.75) is 18.9 Å². The van der Waals surface area contributed by atoms with Crippen LogP contribution in [0.5, 0.6) is 23.0 Å². The van der Waals surface area contributed by atoms with Gasteiger partial charge in [-0.05, 0) is 61.8 Å². The molecule has 30 heavy (non-hydrogen) atoms. The van der Waals surface area contributed by atoms with Crippen molar-refractivity contribution in [1.29, 1.82) is 0 Å². The first kappa shape index (κ1) is 22.1. The monoisotopic (exact) mass is 434 g/mol. The van der Waals surface area contributed by atoms with Gasteiger partial charge in [0.1, 0.15) is 0 Å². The van der Waals surface area contributed by atoms with Gasteiger partial charge in [0, 0.05) is 12.1 Å². The number of hydrogen-bond donors (Lipinski definition) is 1. The summed E-state index contributed by atoms with van der Waals surface area (Å²) in [5.41, 5.74) is 1.65.